The van der Waals surface area contributed by atoms with Crippen LogP contribution in [0.5, 0.6) is 0 Å². The van der Waals surface area contributed by atoms with Crippen LogP contribution in [0.3, 0.4) is 0 Å². The highest BCUT2D eigenvalue weighted by molar-refractivity contribution is 6.04. The summed E-state index contributed by atoms with van der Waals surface area (Å²) in [7, 11) is 0. The van der Waals surface area contributed by atoms with Crippen LogP contribution >= 0.6 is 0 Å². The van der Waals surface area contributed by atoms with E-state index in [1.54, 1.807) is 0 Å². The van der Waals surface area contributed by atoms with Crippen LogP contribution in [-0.2, 0) is 12.8 Å². The summed E-state index contributed by atoms with van der Waals surface area (Å²) in [5, 5.41) is 2.88. The van der Waals surface area contributed by atoms with E-state index < -0.39 is 0 Å². The molecular weight excluding hydrogens is 320 g/mol. The zero-order valence-corrected chi connectivity index (χ0v) is 15.2. The molecule has 26 heavy (non-hydrogen) atoms. The van der Waals surface area contributed by atoms with Crippen molar-refractivity contribution >= 4 is 11.7 Å². The number of aryl methyl sites for hydroxylation is 4. The molecule has 130 valence electrons. The molecule has 2 aromatic carbocycles. The van der Waals surface area contributed by atoms with E-state index in [9.17, 15) is 4.79 Å². The van der Waals surface area contributed by atoms with Crippen LogP contribution in [0, 0.1) is 13.8 Å². The highest BCUT2D eigenvalue weighted by Crippen LogP contribution is 2.31. The maximum atomic E-state index is 12.4. The molecule has 0 aliphatic heterocycles. The van der Waals surface area contributed by atoms with Gasteiger partial charge in [0.2, 0.25) is 0 Å². The second-order valence-corrected chi connectivity index (χ2v) is 6.99. The Balaban J connectivity index is 1.56. The molecule has 1 amide bonds. The maximum absolute atomic E-state index is 12.4. The minimum absolute atomic E-state index is 0.128. The number of hydrogen-bond donors (Lipinski definition) is 1. The fourth-order valence-electron chi connectivity index (χ4n) is 3.70. The smallest absolute Gasteiger partial charge is 0.257 e. The lowest BCUT2D eigenvalue weighted by atomic mass is 9.96. The molecule has 0 unspecified atom stereocenters. The number of rotatable bonds is 3. The summed E-state index contributed by atoms with van der Waals surface area (Å²) < 4.78 is 0. The Kier molecular flexibility index (Phi) is 4.29. The molecule has 3 heteroatoms. The summed E-state index contributed by atoms with van der Waals surface area (Å²) in [6.07, 6.45) is 5.46. The van der Waals surface area contributed by atoms with Crippen molar-refractivity contribution in [1.29, 1.82) is 0 Å². The Morgan fingerprint density at radius 1 is 0.962 bits per heavy atom. The molecular formula is C23H22N2O. The predicted molar refractivity (Wildman–Crippen MR) is 106 cm³/mol. The van der Waals surface area contributed by atoms with Gasteiger partial charge in [0.1, 0.15) is 5.82 Å². The number of nitrogens with one attached hydrogen (secondary N) is 1. The molecule has 1 heterocycles. The number of amides is 1. The molecule has 1 aliphatic carbocycles. The number of anilines is 1. The van der Waals surface area contributed by atoms with Crippen LogP contribution in [0.15, 0.2) is 54.7 Å². The summed E-state index contributed by atoms with van der Waals surface area (Å²) in [4.78, 5) is 16.9. The van der Waals surface area contributed by atoms with Crippen molar-refractivity contribution in [2.45, 2.75) is 33.1 Å². The van der Waals surface area contributed by atoms with Gasteiger partial charge in [0.05, 0.1) is 0 Å². The molecule has 1 aromatic heterocycles. The van der Waals surface area contributed by atoms with E-state index in [-0.39, 0.29) is 5.91 Å². The van der Waals surface area contributed by atoms with Crippen LogP contribution in [0.4, 0.5) is 5.82 Å². The molecule has 1 aliphatic rings. The largest absolute Gasteiger partial charge is 0.307 e. The fourth-order valence-corrected chi connectivity index (χ4v) is 3.70. The second-order valence-electron chi connectivity index (χ2n) is 6.99. The number of benzene rings is 2. The van der Waals surface area contributed by atoms with Crippen molar-refractivity contribution in [1.82, 2.24) is 4.98 Å². The summed E-state index contributed by atoms with van der Waals surface area (Å²) in [6, 6.07) is 16.1. The van der Waals surface area contributed by atoms with Gasteiger partial charge < -0.3 is 5.32 Å². The lowest BCUT2D eigenvalue weighted by Crippen LogP contribution is -2.14. The number of pyridine rings is 1. The quantitative estimate of drug-likeness (QED) is 0.719. The summed E-state index contributed by atoms with van der Waals surface area (Å²) in [6.45, 7) is 4.09. The van der Waals surface area contributed by atoms with Crippen molar-refractivity contribution in [3.63, 3.8) is 0 Å². The fraction of sp³-hybridized carbons (Fsp3) is 0.217. The van der Waals surface area contributed by atoms with Crippen molar-refractivity contribution in [3.05, 3.63) is 82.5 Å². The molecule has 4 rings (SSSR count). The van der Waals surface area contributed by atoms with Gasteiger partial charge >= 0.3 is 0 Å². The highest BCUT2D eigenvalue weighted by Gasteiger charge is 2.14. The number of carbonyl (C=O) groups is 1. The first-order valence-corrected chi connectivity index (χ1v) is 9.07. The molecule has 0 spiro atoms. The van der Waals surface area contributed by atoms with Crippen molar-refractivity contribution in [2.24, 2.45) is 0 Å². The van der Waals surface area contributed by atoms with Gasteiger partial charge in [0, 0.05) is 17.3 Å². The average Bonchev–Trinajstić information content (AvgIpc) is 3.09. The zero-order valence-electron chi connectivity index (χ0n) is 15.2. The number of hydrogen-bond acceptors (Lipinski definition) is 2. The minimum atomic E-state index is -0.128. The van der Waals surface area contributed by atoms with Crippen LogP contribution in [0.1, 0.15) is 39.0 Å². The molecule has 0 atom stereocenters. The SMILES string of the molecule is Cc1ccccc1C(=O)Nc1ccc(-c2cc3c(cc2C)CCC3)cn1. The second kappa shape index (κ2) is 6.75. The first-order chi connectivity index (χ1) is 12.6. The van der Waals surface area contributed by atoms with E-state index in [1.165, 1.54) is 41.5 Å². The highest BCUT2D eigenvalue weighted by atomic mass is 16.1. The molecule has 0 saturated carbocycles. The first kappa shape index (κ1) is 16.5. The standard InChI is InChI=1S/C23H22N2O/c1-15-6-3-4-9-20(15)23(26)25-22-11-10-19(14-24-22)21-13-18-8-5-7-17(18)12-16(21)2/h3-4,6,9-14H,5,7-8H2,1-2H3,(H,24,25,26). The number of fused-ring (bicyclic) bond motifs is 1. The average molecular weight is 342 g/mol. The van der Waals surface area contributed by atoms with Gasteiger partial charge in [0.15, 0.2) is 0 Å². The van der Waals surface area contributed by atoms with Gasteiger partial charge in [-0.25, -0.2) is 4.98 Å². The Labute approximate surface area is 154 Å². The molecule has 1 N–H and O–H groups in total. The van der Waals surface area contributed by atoms with E-state index >= 15 is 0 Å². The molecule has 0 fully saturated rings. The predicted octanol–water partition coefficient (Wildman–Crippen LogP) is 5.11. The molecule has 0 saturated heterocycles. The third kappa shape index (κ3) is 3.13. The Morgan fingerprint density at radius 2 is 1.73 bits per heavy atom. The van der Waals surface area contributed by atoms with Crippen LogP contribution in [0.25, 0.3) is 11.1 Å². The van der Waals surface area contributed by atoms with Gasteiger partial charge in [0.25, 0.3) is 5.91 Å². The molecule has 3 aromatic rings. The Morgan fingerprint density at radius 3 is 2.46 bits per heavy atom. The maximum Gasteiger partial charge on any atom is 0.257 e. The van der Waals surface area contributed by atoms with E-state index in [0.29, 0.717) is 11.4 Å². The number of aromatic nitrogens is 1. The van der Waals surface area contributed by atoms with Gasteiger partial charge in [-0.3, -0.25) is 4.79 Å². The van der Waals surface area contributed by atoms with Gasteiger partial charge in [-0.05, 0) is 79.1 Å². The lowest BCUT2D eigenvalue weighted by Gasteiger charge is -2.11. The summed E-state index contributed by atoms with van der Waals surface area (Å²) in [5.74, 6) is 0.442. The molecule has 3 nitrogen and oxygen atoms in total. The van der Waals surface area contributed by atoms with Crippen molar-refractivity contribution in [3.8, 4) is 11.1 Å². The van der Waals surface area contributed by atoms with Gasteiger partial charge in [-0.1, -0.05) is 30.3 Å². The van der Waals surface area contributed by atoms with Gasteiger partial charge in [-0.2, -0.15) is 0 Å². The molecule has 0 radical (unpaired) electrons. The summed E-state index contributed by atoms with van der Waals surface area (Å²) in [5.41, 5.74) is 8.18. The number of nitrogens with zero attached hydrogens (tertiary/aromatic N) is 1. The Bertz CT molecular complexity index is 974. The third-order valence-corrected chi connectivity index (χ3v) is 5.14. The molecule has 0 bridgehead atoms. The van der Waals surface area contributed by atoms with Crippen molar-refractivity contribution in [2.75, 3.05) is 5.32 Å². The third-order valence-electron chi connectivity index (χ3n) is 5.14. The minimum Gasteiger partial charge on any atom is -0.307 e. The van der Waals surface area contributed by atoms with Gasteiger partial charge in [-0.15, -0.1) is 0 Å². The van der Waals surface area contributed by atoms with Crippen molar-refractivity contribution < 1.29 is 4.79 Å². The monoisotopic (exact) mass is 342 g/mol. The normalized spacial score (nSPS) is 12.7. The topological polar surface area (TPSA) is 42.0 Å². The van der Waals surface area contributed by atoms with Crippen LogP contribution < -0.4 is 5.32 Å². The van der Waals surface area contributed by atoms with Crippen LogP contribution in [-0.4, -0.2) is 10.9 Å². The van der Waals surface area contributed by atoms with Crippen LogP contribution in [0.2, 0.25) is 0 Å². The van der Waals surface area contributed by atoms with E-state index in [1.807, 2.05) is 49.5 Å². The lowest BCUT2D eigenvalue weighted by molar-refractivity contribution is 0.102. The summed E-state index contributed by atoms with van der Waals surface area (Å²) >= 11 is 0. The van der Waals surface area contributed by atoms with E-state index in [0.717, 1.165) is 11.1 Å². The van der Waals surface area contributed by atoms with E-state index in [4.69, 9.17) is 0 Å². The van der Waals surface area contributed by atoms with E-state index in [2.05, 4.69) is 29.4 Å². The zero-order chi connectivity index (χ0) is 18.1. The Hall–Kier alpha value is -2.94. The number of carbonyl (C=O) groups excluding carboxylic acids is 1. The first-order valence-electron chi connectivity index (χ1n) is 9.07.